The second kappa shape index (κ2) is 5.75. The highest BCUT2D eigenvalue weighted by atomic mass is 19.4. The van der Waals surface area contributed by atoms with Crippen LogP contribution in [0, 0.1) is 11.6 Å². The van der Waals surface area contributed by atoms with E-state index in [-0.39, 0.29) is 22.4 Å². The molecule has 0 amide bonds. The second-order valence-electron chi connectivity index (χ2n) is 4.92. The van der Waals surface area contributed by atoms with Crippen molar-refractivity contribution < 1.29 is 31.8 Å². The Hall–Kier alpha value is -2.68. The fraction of sp³-hybridized carbons (Fsp3) is 0.133. The van der Waals surface area contributed by atoms with Gasteiger partial charge < -0.3 is 14.8 Å². The van der Waals surface area contributed by atoms with Crippen molar-refractivity contribution in [3.8, 4) is 5.75 Å². The summed E-state index contributed by atoms with van der Waals surface area (Å²) in [6.07, 6.45) is -6.13. The van der Waals surface area contributed by atoms with E-state index >= 15 is 0 Å². The smallest absolute Gasteiger partial charge is 0.406 e. The first-order valence-electron chi connectivity index (χ1n) is 6.61. The highest BCUT2D eigenvalue weighted by Gasteiger charge is 2.31. The predicted octanol–water partition coefficient (Wildman–Crippen LogP) is 3.82. The summed E-state index contributed by atoms with van der Waals surface area (Å²) >= 11 is 0. The van der Waals surface area contributed by atoms with E-state index in [9.17, 15) is 27.1 Å². The van der Waals surface area contributed by atoms with Gasteiger partial charge in [-0.25, -0.2) is 13.8 Å². The SMILES string of the molecule is OC(c1ccc(OC(F)(F)F)cc1)c1nc2cc(F)c(F)cc2[nH]1. The van der Waals surface area contributed by atoms with Crippen LogP contribution in [-0.4, -0.2) is 21.4 Å². The van der Waals surface area contributed by atoms with Gasteiger partial charge in [0.2, 0.25) is 0 Å². The summed E-state index contributed by atoms with van der Waals surface area (Å²) in [6, 6.07) is 6.29. The number of ether oxygens (including phenoxy) is 1. The lowest BCUT2D eigenvalue weighted by Gasteiger charge is -2.11. The molecule has 1 heterocycles. The molecule has 0 fully saturated rings. The minimum absolute atomic E-state index is 0.000472. The van der Waals surface area contributed by atoms with Crippen LogP contribution in [0.1, 0.15) is 17.5 Å². The van der Waals surface area contributed by atoms with Crippen molar-refractivity contribution in [1.29, 1.82) is 0 Å². The Bertz CT molecular complexity index is 835. The van der Waals surface area contributed by atoms with Gasteiger partial charge in [0.25, 0.3) is 0 Å². The lowest BCUT2D eigenvalue weighted by molar-refractivity contribution is -0.274. The summed E-state index contributed by atoms with van der Waals surface area (Å²) in [5.74, 6) is -2.59. The normalized spacial score (nSPS) is 13.2. The summed E-state index contributed by atoms with van der Waals surface area (Å²) in [5, 5.41) is 10.2. The van der Waals surface area contributed by atoms with Crippen LogP contribution in [0.2, 0.25) is 0 Å². The molecular formula is C15H9F5N2O2. The van der Waals surface area contributed by atoms with Crippen molar-refractivity contribution in [3.63, 3.8) is 0 Å². The summed E-state index contributed by atoms with van der Waals surface area (Å²) in [4.78, 5) is 6.59. The van der Waals surface area contributed by atoms with E-state index in [1.54, 1.807) is 0 Å². The Kier molecular flexibility index (Phi) is 3.88. The molecule has 0 saturated heterocycles. The number of aliphatic hydroxyl groups is 1. The number of aliphatic hydroxyl groups excluding tert-OH is 1. The third-order valence-corrected chi connectivity index (χ3v) is 3.23. The number of hydrogen-bond acceptors (Lipinski definition) is 3. The van der Waals surface area contributed by atoms with Crippen molar-refractivity contribution in [2.75, 3.05) is 0 Å². The Morgan fingerprint density at radius 3 is 2.29 bits per heavy atom. The van der Waals surface area contributed by atoms with E-state index in [1.807, 2.05) is 0 Å². The molecule has 4 nitrogen and oxygen atoms in total. The van der Waals surface area contributed by atoms with Crippen molar-refractivity contribution in [3.05, 3.63) is 59.4 Å². The van der Waals surface area contributed by atoms with Gasteiger partial charge >= 0.3 is 6.36 Å². The number of H-pyrrole nitrogens is 1. The van der Waals surface area contributed by atoms with Crippen LogP contribution in [0.4, 0.5) is 22.0 Å². The largest absolute Gasteiger partial charge is 0.573 e. The van der Waals surface area contributed by atoms with E-state index in [2.05, 4.69) is 14.7 Å². The van der Waals surface area contributed by atoms with Gasteiger partial charge in [0.1, 0.15) is 17.7 Å². The molecule has 2 aromatic carbocycles. The summed E-state index contributed by atoms with van der Waals surface area (Å²) < 4.78 is 66.4. The number of hydrogen-bond donors (Lipinski definition) is 2. The highest BCUT2D eigenvalue weighted by Crippen LogP contribution is 2.27. The van der Waals surface area contributed by atoms with Gasteiger partial charge in [-0.2, -0.15) is 0 Å². The number of nitrogens with one attached hydrogen (secondary N) is 1. The lowest BCUT2D eigenvalue weighted by atomic mass is 10.1. The van der Waals surface area contributed by atoms with E-state index in [4.69, 9.17) is 0 Å². The van der Waals surface area contributed by atoms with E-state index < -0.39 is 29.9 Å². The number of imidazole rings is 1. The fourth-order valence-electron chi connectivity index (χ4n) is 2.16. The third-order valence-electron chi connectivity index (χ3n) is 3.23. The molecule has 1 atom stereocenters. The van der Waals surface area contributed by atoms with E-state index in [0.29, 0.717) is 0 Å². The van der Waals surface area contributed by atoms with Crippen LogP contribution in [0.25, 0.3) is 11.0 Å². The standard InChI is InChI=1S/C15H9F5N2O2/c16-9-5-11-12(6-10(9)17)22-14(21-11)13(23)7-1-3-8(4-2-7)24-15(18,19)20/h1-6,13,23H,(H,21,22). The van der Waals surface area contributed by atoms with Gasteiger partial charge in [-0.1, -0.05) is 12.1 Å². The number of fused-ring (bicyclic) bond motifs is 1. The average molecular weight is 344 g/mol. The first kappa shape index (κ1) is 16.2. The first-order valence-corrected chi connectivity index (χ1v) is 6.61. The zero-order chi connectivity index (χ0) is 17.5. The maximum atomic E-state index is 13.2. The lowest BCUT2D eigenvalue weighted by Crippen LogP contribution is -2.17. The van der Waals surface area contributed by atoms with Crippen molar-refractivity contribution >= 4 is 11.0 Å². The number of aromatic nitrogens is 2. The molecule has 3 rings (SSSR count). The molecule has 0 spiro atoms. The molecule has 1 aromatic heterocycles. The number of nitrogens with zero attached hydrogens (tertiary/aromatic N) is 1. The number of aromatic amines is 1. The molecule has 126 valence electrons. The highest BCUT2D eigenvalue weighted by molar-refractivity contribution is 5.75. The molecular weight excluding hydrogens is 335 g/mol. The molecule has 9 heteroatoms. The summed E-state index contributed by atoms with van der Waals surface area (Å²) in [7, 11) is 0. The number of rotatable bonds is 3. The van der Waals surface area contributed by atoms with Crippen LogP contribution in [0.15, 0.2) is 36.4 Å². The van der Waals surface area contributed by atoms with Gasteiger partial charge in [-0.05, 0) is 17.7 Å². The van der Waals surface area contributed by atoms with Crippen LogP contribution >= 0.6 is 0 Å². The van der Waals surface area contributed by atoms with Gasteiger partial charge in [-0.3, -0.25) is 0 Å². The molecule has 2 N–H and O–H groups in total. The number of benzene rings is 2. The molecule has 0 aliphatic carbocycles. The molecule has 1 unspecified atom stereocenters. The molecule has 0 saturated carbocycles. The maximum absolute atomic E-state index is 13.2. The van der Waals surface area contributed by atoms with Gasteiger partial charge in [0, 0.05) is 12.1 Å². The quantitative estimate of drug-likeness (QED) is 0.710. The topological polar surface area (TPSA) is 58.1 Å². The minimum atomic E-state index is -4.81. The zero-order valence-corrected chi connectivity index (χ0v) is 11.7. The fourth-order valence-corrected chi connectivity index (χ4v) is 2.16. The molecule has 0 radical (unpaired) electrons. The van der Waals surface area contributed by atoms with Crippen LogP contribution < -0.4 is 4.74 Å². The van der Waals surface area contributed by atoms with E-state index in [0.717, 1.165) is 24.3 Å². The predicted molar refractivity (Wildman–Crippen MR) is 73.2 cm³/mol. The maximum Gasteiger partial charge on any atom is 0.573 e. The Labute approximate surface area is 131 Å². The Balaban J connectivity index is 1.87. The Morgan fingerprint density at radius 2 is 1.67 bits per heavy atom. The Morgan fingerprint density at radius 1 is 1.04 bits per heavy atom. The third kappa shape index (κ3) is 3.30. The molecule has 0 aliphatic rings. The van der Waals surface area contributed by atoms with Gasteiger partial charge in [0.15, 0.2) is 11.6 Å². The van der Waals surface area contributed by atoms with Crippen LogP contribution in [0.3, 0.4) is 0 Å². The average Bonchev–Trinajstić information content (AvgIpc) is 2.89. The van der Waals surface area contributed by atoms with Gasteiger partial charge in [-0.15, -0.1) is 13.2 Å². The summed E-state index contributed by atoms with van der Waals surface area (Å²) in [6.45, 7) is 0. The number of alkyl halides is 3. The molecule has 0 aliphatic heterocycles. The van der Waals surface area contributed by atoms with Crippen LogP contribution in [0.5, 0.6) is 5.75 Å². The molecule has 3 aromatic rings. The van der Waals surface area contributed by atoms with Gasteiger partial charge in [0.05, 0.1) is 11.0 Å². The second-order valence-corrected chi connectivity index (χ2v) is 4.92. The zero-order valence-electron chi connectivity index (χ0n) is 11.7. The first-order chi connectivity index (χ1) is 11.2. The molecule has 0 bridgehead atoms. The monoisotopic (exact) mass is 344 g/mol. The van der Waals surface area contributed by atoms with Crippen molar-refractivity contribution in [2.45, 2.75) is 12.5 Å². The minimum Gasteiger partial charge on any atom is -0.406 e. The van der Waals surface area contributed by atoms with Crippen molar-refractivity contribution in [2.24, 2.45) is 0 Å². The molecule has 24 heavy (non-hydrogen) atoms. The van der Waals surface area contributed by atoms with E-state index in [1.165, 1.54) is 12.1 Å². The van der Waals surface area contributed by atoms with Crippen molar-refractivity contribution in [1.82, 2.24) is 9.97 Å². The van der Waals surface area contributed by atoms with Crippen LogP contribution in [-0.2, 0) is 0 Å². The number of halogens is 5. The summed E-state index contributed by atoms with van der Waals surface area (Å²) in [5.41, 5.74) is 0.518.